The summed E-state index contributed by atoms with van der Waals surface area (Å²) < 4.78 is 150. The monoisotopic (exact) mass is 848 g/mol. The molecule has 12 nitrogen and oxygen atoms in total. The number of hydrogen-bond donors (Lipinski definition) is 2. The molecule has 0 aliphatic carbocycles. The van der Waals surface area contributed by atoms with E-state index in [1.807, 2.05) is 13.8 Å². The normalized spacial score (nSPS) is 13.4. The lowest BCUT2D eigenvalue weighted by Crippen LogP contribution is -2.46. The van der Waals surface area contributed by atoms with E-state index in [1.165, 1.54) is 48.5 Å². The third kappa shape index (κ3) is 16.7. The Morgan fingerprint density at radius 1 is 0.536 bits per heavy atom. The zero-order valence-electron chi connectivity index (χ0n) is 31.3. The fourth-order valence-electron chi connectivity index (χ4n) is 5.16. The Balaban J connectivity index is 2.16. The van der Waals surface area contributed by atoms with Crippen LogP contribution in [0, 0.1) is 0 Å². The lowest BCUT2D eigenvalue weighted by molar-refractivity contribution is -0.127. The minimum absolute atomic E-state index is 0.0293. The highest BCUT2D eigenvalue weighted by Gasteiger charge is 2.49. The van der Waals surface area contributed by atoms with Gasteiger partial charge >= 0.3 is 31.1 Å². The molecule has 0 aliphatic heterocycles. The second-order valence-electron chi connectivity index (χ2n) is 12.7. The smallest absolute Gasteiger partial charge is 0.486 e. The van der Waals surface area contributed by atoms with Gasteiger partial charge in [0.15, 0.2) is 35.2 Å². The number of carbonyl (C=O) groups excluding carboxylic acids is 2. The number of unbranched alkanes of at least 4 members (excludes halogenated alkanes) is 10. The molecular weight excluding hydrogens is 799 g/mol. The summed E-state index contributed by atoms with van der Waals surface area (Å²) in [5.41, 5.74) is -11.5. The maximum Gasteiger partial charge on any atom is 0.516 e. The van der Waals surface area contributed by atoms with Crippen molar-refractivity contribution in [2.75, 3.05) is 13.2 Å². The van der Waals surface area contributed by atoms with E-state index < -0.39 is 55.1 Å². The molecule has 0 spiro atoms. The SMILES string of the molecule is CCCCCCCCC(Oc1ccccc1OCCOc1ccccc1OC(CCCCCCCC)C(=O)NS(=O)(=O)C(F)(F)F)C(=O)NS(=O)(=O)C(F)(F)F. The molecular formula is C36H50F6N2O10S2. The van der Waals surface area contributed by atoms with Crippen LogP contribution in [0.5, 0.6) is 23.0 Å². The minimum Gasteiger partial charge on any atom is -0.486 e. The van der Waals surface area contributed by atoms with Crippen molar-refractivity contribution < 1.29 is 71.7 Å². The topological polar surface area (TPSA) is 163 Å². The van der Waals surface area contributed by atoms with Gasteiger partial charge in [-0.1, -0.05) is 102 Å². The number of carbonyl (C=O) groups is 2. The van der Waals surface area contributed by atoms with Gasteiger partial charge in [0.1, 0.15) is 13.2 Å². The molecule has 0 aromatic heterocycles. The lowest BCUT2D eigenvalue weighted by atomic mass is 10.1. The van der Waals surface area contributed by atoms with Gasteiger partial charge in [-0.2, -0.15) is 43.2 Å². The molecule has 0 radical (unpaired) electrons. The van der Waals surface area contributed by atoms with Crippen molar-refractivity contribution in [2.24, 2.45) is 0 Å². The van der Waals surface area contributed by atoms with E-state index in [2.05, 4.69) is 0 Å². The van der Waals surface area contributed by atoms with Crippen LogP contribution in [0.1, 0.15) is 104 Å². The summed E-state index contributed by atoms with van der Waals surface area (Å²) in [5, 5.41) is 0. The minimum atomic E-state index is -6.00. The molecule has 20 heteroatoms. The first-order valence-electron chi connectivity index (χ1n) is 18.4. The molecule has 2 rings (SSSR count). The van der Waals surface area contributed by atoms with Crippen molar-refractivity contribution >= 4 is 31.9 Å². The van der Waals surface area contributed by atoms with Gasteiger partial charge in [-0.25, -0.2) is 9.44 Å². The lowest BCUT2D eigenvalue weighted by Gasteiger charge is -2.22. The summed E-state index contributed by atoms with van der Waals surface area (Å²) in [6, 6.07) is 11.7. The zero-order chi connectivity index (χ0) is 41.8. The fourth-order valence-corrected chi connectivity index (χ4v) is 6.19. The number of sulfonamides is 2. The van der Waals surface area contributed by atoms with E-state index in [0.717, 1.165) is 60.8 Å². The second-order valence-corrected chi connectivity index (χ2v) is 16.1. The Morgan fingerprint density at radius 2 is 0.839 bits per heavy atom. The number of halogens is 6. The number of hydrogen-bond acceptors (Lipinski definition) is 10. The number of rotatable bonds is 27. The van der Waals surface area contributed by atoms with E-state index in [-0.39, 0.29) is 49.1 Å². The number of para-hydroxylation sites is 4. The summed E-state index contributed by atoms with van der Waals surface area (Å²) >= 11 is 0. The van der Waals surface area contributed by atoms with E-state index in [9.17, 15) is 52.8 Å². The Hall–Kier alpha value is -3.94. The quantitative estimate of drug-likeness (QED) is 0.0664. The van der Waals surface area contributed by atoms with Gasteiger partial charge in [-0.05, 0) is 49.9 Å². The molecule has 2 N–H and O–H groups in total. The Morgan fingerprint density at radius 3 is 1.16 bits per heavy atom. The van der Waals surface area contributed by atoms with Crippen molar-refractivity contribution in [1.29, 1.82) is 0 Å². The molecule has 56 heavy (non-hydrogen) atoms. The van der Waals surface area contributed by atoms with Gasteiger partial charge in [0.2, 0.25) is 0 Å². The third-order valence-electron chi connectivity index (χ3n) is 8.14. The largest absolute Gasteiger partial charge is 0.516 e. The van der Waals surface area contributed by atoms with Crippen LogP contribution >= 0.6 is 0 Å². The number of nitrogens with one attached hydrogen (secondary N) is 2. The summed E-state index contributed by atoms with van der Waals surface area (Å²) in [4.78, 5) is 25.6. The Labute approximate surface area is 324 Å². The van der Waals surface area contributed by atoms with Crippen LogP contribution in [-0.2, 0) is 29.6 Å². The highest BCUT2D eigenvalue weighted by Crippen LogP contribution is 2.31. The molecule has 0 heterocycles. The predicted octanol–water partition coefficient (Wildman–Crippen LogP) is 8.07. The molecule has 2 aromatic carbocycles. The third-order valence-corrected chi connectivity index (χ3v) is 10.3. The molecule has 0 bridgehead atoms. The van der Waals surface area contributed by atoms with Crippen LogP contribution < -0.4 is 28.4 Å². The summed E-state index contributed by atoms with van der Waals surface area (Å²) in [5.74, 6) is -3.12. The molecule has 0 saturated heterocycles. The van der Waals surface area contributed by atoms with Gasteiger partial charge in [-0.15, -0.1) is 0 Å². The standard InChI is InChI=1S/C36H50F6N2O10S2/c1-3-5-7-9-11-13-23-31(33(45)43-55(47,48)35(37,38)39)53-29-21-17-15-19-27(29)51-25-26-52-28-20-16-18-22-30(28)54-32(24-14-12-10-8-6-4-2)34(46)44-56(49,50)36(40,41)42/h15-22,31-32H,3-14,23-26H2,1-2H3,(H,43,45)(H,44,46). The van der Waals surface area contributed by atoms with Crippen LogP contribution in [0.2, 0.25) is 0 Å². The maximum atomic E-state index is 13.0. The summed E-state index contributed by atoms with van der Waals surface area (Å²) in [6.07, 6.45) is 5.82. The van der Waals surface area contributed by atoms with E-state index in [1.54, 1.807) is 0 Å². The average Bonchev–Trinajstić information content (AvgIpc) is 3.11. The number of ether oxygens (including phenoxy) is 4. The molecule has 318 valence electrons. The van der Waals surface area contributed by atoms with Crippen molar-refractivity contribution in [3.63, 3.8) is 0 Å². The molecule has 2 aromatic rings. The first-order valence-corrected chi connectivity index (χ1v) is 21.3. The van der Waals surface area contributed by atoms with Gasteiger partial charge < -0.3 is 18.9 Å². The highest BCUT2D eigenvalue weighted by molar-refractivity contribution is 7.91. The first kappa shape index (κ1) is 48.2. The van der Waals surface area contributed by atoms with E-state index in [4.69, 9.17) is 18.9 Å². The van der Waals surface area contributed by atoms with Gasteiger partial charge in [-0.3, -0.25) is 9.59 Å². The van der Waals surface area contributed by atoms with E-state index >= 15 is 0 Å². The molecule has 2 amide bonds. The fraction of sp³-hybridized carbons (Fsp3) is 0.611. The predicted molar refractivity (Wildman–Crippen MR) is 195 cm³/mol. The van der Waals surface area contributed by atoms with Crippen LogP contribution in [0.3, 0.4) is 0 Å². The van der Waals surface area contributed by atoms with E-state index in [0.29, 0.717) is 25.7 Å². The highest BCUT2D eigenvalue weighted by atomic mass is 32.2. The number of alkyl halides is 6. The Kier molecular flexibility index (Phi) is 20.1. The molecule has 2 atom stereocenters. The van der Waals surface area contributed by atoms with Crippen molar-refractivity contribution in [2.45, 2.75) is 127 Å². The molecule has 0 fully saturated rings. The van der Waals surface area contributed by atoms with Crippen LogP contribution in [-0.4, -0.2) is 65.1 Å². The maximum absolute atomic E-state index is 13.0. The molecule has 2 unspecified atom stereocenters. The second kappa shape index (κ2) is 23.3. The average molecular weight is 849 g/mol. The van der Waals surface area contributed by atoms with Gasteiger partial charge in [0.25, 0.3) is 11.8 Å². The van der Waals surface area contributed by atoms with Crippen molar-refractivity contribution in [3.05, 3.63) is 48.5 Å². The van der Waals surface area contributed by atoms with Gasteiger partial charge in [0, 0.05) is 0 Å². The summed E-state index contributed by atoms with van der Waals surface area (Å²) in [7, 11) is -12.0. The number of benzene rings is 2. The first-order chi connectivity index (χ1) is 26.3. The van der Waals surface area contributed by atoms with Crippen molar-refractivity contribution in [3.8, 4) is 23.0 Å². The number of amides is 2. The summed E-state index contributed by atoms with van der Waals surface area (Å²) in [6.45, 7) is 3.62. The zero-order valence-corrected chi connectivity index (χ0v) is 32.9. The molecule has 0 aliphatic rings. The van der Waals surface area contributed by atoms with Crippen LogP contribution in [0.25, 0.3) is 0 Å². The van der Waals surface area contributed by atoms with Crippen LogP contribution in [0.15, 0.2) is 48.5 Å². The van der Waals surface area contributed by atoms with Crippen molar-refractivity contribution in [1.82, 2.24) is 9.44 Å². The Bertz CT molecular complexity index is 1600. The van der Waals surface area contributed by atoms with Gasteiger partial charge in [0.05, 0.1) is 0 Å². The molecule has 0 saturated carbocycles. The van der Waals surface area contributed by atoms with Crippen LogP contribution in [0.4, 0.5) is 26.3 Å².